The molecule has 1 aromatic rings. The number of aryl methyl sites for hydroxylation is 2. The molecule has 0 fully saturated rings. The highest BCUT2D eigenvalue weighted by atomic mass is 16.1. The molecule has 3 nitrogen and oxygen atoms in total. The van der Waals surface area contributed by atoms with E-state index < -0.39 is 5.91 Å². The van der Waals surface area contributed by atoms with Gasteiger partial charge in [-0.15, -0.1) is 0 Å². The molecule has 1 amide bonds. The maximum absolute atomic E-state index is 10.8. The van der Waals surface area contributed by atoms with Gasteiger partial charge < -0.3 is 5.73 Å². The maximum atomic E-state index is 10.8. The Hall–Kier alpha value is -1.38. The first kappa shape index (κ1) is 7.72. The van der Waals surface area contributed by atoms with E-state index in [2.05, 4.69) is 4.98 Å². The summed E-state index contributed by atoms with van der Waals surface area (Å²) in [6.45, 7) is 3.64. The first-order chi connectivity index (χ1) is 5.11. The van der Waals surface area contributed by atoms with Gasteiger partial charge in [-0.05, 0) is 25.5 Å². The van der Waals surface area contributed by atoms with Gasteiger partial charge in [0.25, 0.3) is 0 Å². The fraction of sp³-hybridized carbons (Fsp3) is 0.250. The van der Waals surface area contributed by atoms with Crippen LogP contribution >= 0.6 is 0 Å². The zero-order valence-electron chi connectivity index (χ0n) is 6.59. The summed E-state index contributed by atoms with van der Waals surface area (Å²) in [5, 5.41) is 0. The third kappa shape index (κ3) is 1.55. The van der Waals surface area contributed by atoms with Crippen LogP contribution < -0.4 is 5.73 Å². The van der Waals surface area contributed by atoms with E-state index in [0.717, 1.165) is 11.3 Å². The van der Waals surface area contributed by atoms with Crippen LogP contribution in [0.5, 0.6) is 0 Å². The largest absolute Gasteiger partial charge is 0.366 e. The van der Waals surface area contributed by atoms with Crippen LogP contribution in [0.15, 0.2) is 12.3 Å². The molecule has 0 saturated carbocycles. The third-order valence-electron chi connectivity index (χ3n) is 1.51. The number of pyridine rings is 1. The van der Waals surface area contributed by atoms with E-state index >= 15 is 0 Å². The van der Waals surface area contributed by atoms with Gasteiger partial charge in [-0.1, -0.05) is 0 Å². The van der Waals surface area contributed by atoms with E-state index in [-0.39, 0.29) is 0 Å². The molecule has 0 unspecified atom stereocenters. The van der Waals surface area contributed by atoms with Crippen molar-refractivity contribution in [3.63, 3.8) is 0 Å². The third-order valence-corrected chi connectivity index (χ3v) is 1.51. The Balaban J connectivity index is 3.23. The van der Waals surface area contributed by atoms with Crippen LogP contribution in [-0.2, 0) is 0 Å². The van der Waals surface area contributed by atoms with Crippen LogP contribution in [0.2, 0.25) is 0 Å². The Morgan fingerprint density at radius 1 is 1.55 bits per heavy atom. The zero-order valence-corrected chi connectivity index (χ0v) is 6.59. The molecule has 0 spiro atoms. The predicted octanol–water partition coefficient (Wildman–Crippen LogP) is 0.797. The summed E-state index contributed by atoms with van der Waals surface area (Å²) in [6.07, 6.45) is 1.65. The topological polar surface area (TPSA) is 56.0 Å². The number of carbonyl (C=O) groups excluding carboxylic acids is 1. The molecule has 0 bridgehead atoms. The van der Waals surface area contributed by atoms with Crippen molar-refractivity contribution in [2.75, 3.05) is 0 Å². The average molecular weight is 150 g/mol. The van der Waals surface area contributed by atoms with E-state index in [1.54, 1.807) is 12.3 Å². The number of nitrogens with two attached hydrogens (primary N) is 1. The molecule has 1 rings (SSSR count). The van der Waals surface area contributed by atoms with Gasteiger partial charge in [0, 0.05) is 17.5 Å². The molecule has 0 atom stereocenters. The van der Waals surface area contributed by atoms with Crippen molar-refractivity contribution in [3.8, 4) is 0 Å². The number of primary amides is 1. The summed E-state index contributed by atoms with van der Waals surface area (Å²) < 4.78 is 0. The second-order valence-electron chi connectivity index (χ2n) is 2.50. The van der Waals surface area contributed by atoms with Gasteiger partial charge in [0.15, 0.2) is 0 Å². The lowest BCUT2D eigenvalue weighted by Gasteiger charge is -2.00. The minimum atomic E-state index is -0.395. The Kier molecular flexibility index (Phi) is 1.89. The minimum absolute atomic E-state index is 0.395. The molecule has 1 heterocycles. The molecule has 0 aromatic carbocycles. The molecule has 0 aliphatic carbocycles. The normalized spacial score (nSPS) is 9.64. The van der Waals surface area contributed by atoms with Gasteiger partial charge >= 0.3 is 0 Å². The summed E-state index contributed by atoms with van der Waals surface area (Å²) in [5.74, 6) is -0.395. The molecule has 3 heteroatoms. The van der Waals surface area contributed by atoms with E-state index in [1.807, 2.05) is 13.8 Å². The Labute approximate surface area is 65.2 Å². The summed E-state index contributed by atoms with van der Waals surface area (Å²) in [5.41, 5.74) is 7.30. The van der Waals surface area contributed by atoms with Gasteiger partial charge in [0.05, 0.1) is 0 Å². The van der Waals surface area contributed by atoms with Crippen LogP contribution in [-0.4, -0.2) is 10.9 Å². The van der Waals surface area contributed by atoms with Crippen molar-refractivity contribution in [2.45, 2.75) is 13.8 Å². The molecule has 0 aliphatic rings. The molecule has 2 N–H and O–H groups in total. The van der Waals surface area contributed by atoms with Crippen LogP contribution in [0.1, 0.15) is 21.6 Å². The highest BCUT2D eigenvalue weighted by Gasteiger charge is 2.03. The van der Waals surface area contributed by atoms with Crippen LogP contribution in [0, 0.1) is 13.8 Å². The second-order valence-corrected chi connectivity index (χ2v) is 2.50. The molecular weight excluding hydrogens is 140 g/mol. The monoisotopic (exact) mass is 150 g/mol. The minimum Gasteiger partial charge on any atom is -0.366 e. The zero-order chi connectivity index (χ0) is 8.43. The highest BCUT2D eigenvalue weighted by Crippen LogP contribution is 2.06. The summed E-state index contributed by atoms with van der Waals surface area (Å²) in [7, 11) is 0. The van der Waals surface area contributed by atoms with E-state index in [1.165, 1.54) is 0 Å². The number of nitrogens with zero attached hydrogens (tertiary/aromatic N) is 1. The summed E-state index contributed by atoms with van der Waals surface area (Å²) >= 11 is 0. The lowest BCUT2D eigenvalue weighted by atomic mass is 10.1. The van der Waals surface area contributed by atoms with Gasteiger partial charge in [-0.3, -0.25) is 9.78 Å². The lowest BCUT2D eigenvalue weighted by molar-refractivity contribution is 0.0999. The van der Waals surface area contributed by atoms with Crippen LogP contribution in [0.25, 0.3) is 0 Å². The van der Waals surface area contributed by atoms with E-state index in [4.69, 9.17) is 5.73 Å². The fourth-order valence-corrected chi connectivity index (χ4v) is 0.894. The first-order valence-corrected chi connectivity index (χ1v) is 3.34. The first-order valence-electron chi connectivity index (χ1n) is 3.34. The molecule has 58 valence electrons. The van der Waals surface area contributed by atoms with Crippen molar-refractivity contribution >= 4 is 5.91 Å². The van der Waals surface area contributed by atoms with Crippen molar-refractivity contribution in [1.29, 1.82) is 0 Å². The number of aromatic nitrogens is 1. The van der Waals surface area contributed by atoms with E-state index in [9.17, 15) is 4.79 Å². The van der Waals surface area contributed by atoms with Crippen molar-refractivity contribution in [2.24, 2.45) is 5.73 Å². The highest BCUT2D eigenvalue weighted by molar-refractivity contribution is 5.94. The summed E-state index contributed by atoms with van der Waals surface area (Å²) in [6, 6.07) is 1.69. The second kappa shape index (κ2) is 2.70. The average Bonchev–Trinajstić information content (AvgIpc) is 1.94. The van der Waals surface area contributed by atoms with Crippen molar-refractivity contribution in [3.05, 3.63) is 29.1 Å². The van der Waals surface area contributed by atoms with Gasteiger partial charge in [0.2, 0.25) is 5.91 Å². The summed E-state index contributed by atoms with van der Waals surface area (Å²) in [4.78, 5) is 14.8. The van der Waals surface area contributed by atoms with Gasteiger partial charge in [-0.2, -0.15) is 0 Å². The molecular formula is C8H10N2O. The SMILES string of the molecule is Cc1cc(C(N)=O)c(C)cn1. The number of hydrogen-bond donors (Lipinski definition) is 1. The Morgan fingerprint density at radius 2 is 2.18 bits per heavy atom. The maximum Gasteiger partial charge on any atom is 0.249 e. The molecule has 0 radical (unpaired) electrons. The van der Waals surface area contributed by atoms with Crippen LogP contribution in [0.3, 0.4) is 0 Å². The molecule has 1 aromatic heterocycles. The standard InChI is InChI=1S/C8H10N2O/c1-5-4-10-6(2)3-7(5)8(9)11/h3-4H,1-2H3,(H2,9,11). The fourth-order valence-electron chi connectivity index (χ4n) is 0.894. The number of carbonyl (C=O) groups is 1. The number of hydrogen-bond acceptors (Lipinski definition) is 2. The smallest absolute Gasteiger partial charge is 0.249 e. The van der Waals surface area contributed by atoms with E-state index in [0.29, 0.717) is 5.56 Å². The molecule has 0 aliphatic heterocycles. The number of rotatable bonds is 1. The Morgan fingerprint density at radius 3 is 2.64 bits per heavy atom. The Bertz CT molecular complexity index is 294. The van der Waals surface area contributed by atoms with Gasteiger partial charge in [-0.25, -0.2) is 0 Å². The quantitative estimate of drug-likeness (QED) is 0.643. The van der Waals surface area contributed by atoms with Crippen LogP contribution in [0.4, 0.5) is 0 Å². The molecule has 11 heavy (non-hydrogen) atoms. The molecule has 0 saturated heterocycles. The lowest BCUT2D eigenvalue weighted by Crippen LogP contribution is -2.13. The van der Waals surface area contributed by atoms with Crippen molar-refractivity contribution in [1.82, 2.24) is 4.98 Å². The van der Waals surface area contributed by atoms with Gasteiger partial charge in [0.1, 0.15) is 0 Å². The predicted molar refractivity (Wildman–Crippen MR) is 42.2 cm³/mol. The number of amides is 1. The van der Waals surface area contributed by atoms with Crippen molar-refractivity contribution < 1.29 is 4.79 Å².